The molecule has 0 aliphatic carbocycles. The number of alkyl halides is 1. The van der Waals surface area contributed by atoms with E-state index in [1.165, 1.54) is 0 Å². The van der Waals surface area contributed by atoms with Gasteiger partial charge in [0.2, 0.25) is 5.95 Å². The maximum absolute atomic E-state index is 14.0. The van der Waals surface area contributed by atoms with E-state index < -0.39 is 6.17 Å². The summed E-state index contributed by atoms with van der Waals surface area (Å²) in [4.78, 5) is 24.3. The largest absolute Gasteiger partial charge is 0.472 e. The number of carbonyl (C=O) groups excluding carboxylic acids is 1. The number of urea groups is 1. The lowest BCUT2D eigenvalue weighted by molar-refractivity contribution is 0.239. The highest BCUT2D eigenvalue weighted by atomic mass is 19.1. The molecule has 1 aliphatic heterocycles. The van der Waals surface area contributed by atoms with Crippen LogP contribution in [0.5, 0.6) is 0 Å². The molecule has 2 N–H and O–H groups in total. The summed E-state index contributed by atoms with van der Waals surface area (Å²) >= 11 is 0. The lowest BCUT2D eigenvalue weighted by atomic mass is 10.2. The quantitative estimate of drug-likeness (QED) is 0.811. The third-order valence-electron chi connectivity index (χ3n) is 4.22. The van der Waals surface area contributed by atoms with Crippen molar-refractivity contribution in [2.24, 2.45) is 0 Å². The molecule has 9 heteroatoms. The van der Waals surface area contributed by atoms with Crippen LogP contribution in [0.3, 0.4) is 0 Å². The summed E-state index contributed by atoms with van der Waals surface area (Å²) in [6, 6.07) is 3.08. The number of halogens is 1. The predicted molar refractivity (Wildman–Crippen MR) is 96.0 cm³/mol. The van der Waals surface area contributed by atoms with E-state index in [1.807, 2.05) is 19.0 Å². The zero-order valence-electron chi connectivity index (χ0n) is 14.9. The first-order valence-electron chi connectivity index (χ1n) is 8.47. The van der Waals surface area contributed by atoms with E-state index in [4.69, 9.17) is 4.42 Å². The van der Waals surface area contributed by atoms with Gasteiger partial charge in [-0.15, -0.1) is 0 Å². The summed E-state index contributed by atoms with van der Waals surface area (Å²) in [7, 11) is 3.70. The standard InChI is InChI=1S/C17H23FN6O2/c1-23(2)16-19-5-3-15(22-16)24-10-13(18)7-14(24)9-21-17(25)20-8-12-4-6-26-11-12/h3-6,11,13-14H,7-10H2,1-2H3,(H2,20,21,25)/t13-,14-/m0/s1. The van der Waals surface area contributed by atoms with E-state index >= 15 is 0 Å². The van der Waals surface area contributed by atoms with Crippen LogP contribution in [0.15, 0.2) is 35.3 Å². The van der Waals surface area contributed by atoms with E-state index in [0.29, 0.717) is 31.3 Å². The van der Waals surface area contributed by atoms with Crippen molar-refractivity contribution < 1.29 is 13.6 Å². The minimum absolute atomic E-state index is 0.158. The number of hydrogen-bond donors (Lipinski definition) is 2. The minimum Gasteiger partial charge on any atom is -0.472 e. The Bertz CT molecular complexity index is 724. The summed E-state index contributed by atoms with van der Waals surface area (Å²) < 4.78 is 18.9. The van der Waals surface area contributed by atoms with Gasteiger partial charge >= 0.3 is 6.03 Å². The van der Waals surface area contributed by atoms with Gasteiger partial charge in [0.25, 0.3) is 0 Å². The first-order chi connectivity index (χ1) is 12.5. The fraction of sp³-hybridized carbons (Fsp3) is 0.471. The molecule has 1 fully saturated rings. The SMILES string of the molecule is CN(C)c1nccc(N2C[C@@H](F)C[C@H]2CNC(=O)NCc2ccoc2)n1. The molecule has 26 heavy (non-hydrogen) atoms. The normalized spacial score (nSPS) is 19.4. The van der Waals surface area contributed by atoms with Gasteiger partial charge in [-0.2, -0.15) is 4.98 Å². The molecule has 0 aromatic carbocycles. The highest BCUT2D eigenvalue weighted by Crippen LogP contribution is 2.26. The van der Waals surface area contributed by atoms with Crippen molar-refractivity contribution in [1.29, 1.82) is 0 Å². The third-order valence-corrected chi connectivity index (χ3v) is 4.22. The molecule has 0 spiro atoms. The van der Waals surface area contributed by atoms with E-state index in [0.717, 1.165) is 5.56 Å². The minimum atomic E-state index is -0.950. The molecule has 2 atom stereocenters. The number of amides is 2. The van der Waals surface area contributed by atoms with Crippen LogP contribution in [0.4, 0.5) is 21.0 Å². The average molecular weight is 362 g/mol. The first kappa shape index (κ1) is 18.0. The number of anilines is 2. The van der Waals surface area contributed by atoms with E-state index in [2.05, 4.69) is 20.6 Å². The van der Waals surface area contributed by atoms with Crippen LogP contribution < -0.4 is 20.4 Å². The number of aromatic nitrogens is 2. The Kier molecular flexibility index (Phi) is 5.55. The third kappa shape index (κ3) is 4.41. The molecule has 1 aliphatic rings. The summed E-state index contributed by atoms with van der Waals surface area (Å²) in [5, 5.41) is 5.55. The summed E-state index contributed by atoms with van der Waals surface area (Å²) in [5.41, 5.74) is 0.878. The Morgan fingerprint density at radius 3 is 3.00 bits per heavy atom. The van der Waals surface area contributed by atoms with Gasteiger partial charge in [0.05, 0.1) is 25.1 Å². The van der Waals surface area contributed by atoms with Crippen molar-refractivity contribution in [3.05, 3.63) is 36.4 Å². The highest BCUT2D eigenvalue weighted by molar-refractivity contribution is 5.73. The molecule has 0 bridgehead atoms. The topological polar surface area (TPSA) is 86.5 Å². The monoisotopic (exact) mass is 362 g/mol. The van der Waals surface area contributed by atoms with Crippen molar-refractivity contribution in [2.45, 2.75) is 25.2 Å². The lowest BCUT2D eigenvalue weighted by Gasteiger charge is -2.26. The van der Waals surface area contributed by atoms with E-state index in [1.54, 1.807) is 35.8 Å². The number of rotatable bonds is 6. The molecule has 2 aromatic heterocycles. The Balaban J connectivity index is 1.57. The molecule has 2 amide bonds. The second-order valence-electron chi connectivity index (χ2n) is 6.44. The van der Waals surface area contributed by atoms with Gasteiger partial charge < -0.3 is 24.9 Å². The van der Waals surface area contributed by atoms with Gasteiger partial charge in [0, 0.05) is 45.4 Å². The van der Waals surface area contributed by atoms with Crippen LogP contribution in [0.1, 0.15) is 12.0 Å². The maximum atomic E-state index is 14.0. The van der Waals surface area contributed by atoms with Crippen molar-refractivity contribution in [2.75, 3.05) is 37.0 Å². The fourth-order valence-corrected chi connectivity index (χ4v) is 2.90. The molecule has 2 aromatic rings. The first-order valence-corrected chi connectivity index (χ1v) is 8.47. The summed E-state index contributed by atoms with van der Waals surface area (Å²) in [6.45, 7) is 0.965. The number of carbonyl (C=O) groups is 1. The maximum Gasteiger partial charge on any atom is 0.315 e. The zero-order chi connectivity index (χ0) is 18.5. The molecular weight excluding hydrogens is 339 g/mol. The van der Waals surface area contributed by atoms with Crippen molar-refractivity contribution in [3.63, 3.8) is 0 Å². The van der Waals surface area contributed by atoms with Gasteiger partial charge in [0.15, 0.2) is 0 Å². The summed E-state index contributed by atoms with van der Waals surface area (Å²) in [5.74, 6) is 1.23. The summed E-state index contributed by atoms with van der Waals surface area (Å²) in [6.07, 6.45) is 4.18. The van der Waals surface area contributed by atoms with Crippen LogP contribution in [0.2, 0.25) is 0 Å². The predicted octanol–water partition coefficient (Wildman–Crippen LogP) is 1.55. The molecule has 1 saturated heterocycles. The van der Waals surface area contributed by atoms with Crippen molar-refractivity contribution >= 4 is 17.8 Å². The number of furan rings is 1. The number of nitrogens with zero attached hydrogens (tertiary/aromatic N) is 4. The number of hydrogen-bond acceptors (Lipinski definition) is 6. The van der Waals surface area contributed by atoms with E-state index in [-0.39, 0.29) is 18.6 Å². The Labute approximate surface area is 151 Å². The van der Waals surface area contributed by atoms with Gasteiger partial charge in [-0.3, -0.25) is 0 Å². The van der Waals surface area contributed by atoms with Crippen LogP contribution in [0.25, 0.3) is 0 Å². The zero-order valence-corrected chi connectivity index (χ0v) is 14.9. The molecular formula is C17H23FN6O2. The molecule has 0 saturated carbocycles. The van der Waals surface area contributed by atoms with Crippen LogP contribution in [-0.4, -0.2) is 55.4 Å². The van der Waals surface area contributed by atoms with Crippen LogP contribution in [0, 0.1) is 0 Å². The van der Waals surface area contributed by atoms with Crippen LogP contribution >= 0.6 is 0 Å². The molecule has 3 rings (SSSR count). The molecule has 0 radical (unpaired) electrons. The van der Waals surface area contributed by atoms with E-state index in [9.17, 15) is 9.18 Å². The number of nitrogens with one attached hydrogen (secondary N) is 2. The highest BCUT2D eigenvalue weighted by Gasteiger charge is 2.33. The average Bonchev–Trinajstić information content (AvgIpc) is 3.27. The molecule has 140 valence electrons. The van der Waals surface area contributed by atoms with Crippen molar-refractivity contribution in [1.82, 2.24) is 20.6 Å². The van der Waals surface area contributed by atoms with Crippen LogP contribution in [-0.2, 0) is 6.54 Å². The Morgan fingerprint density at radius 1 is 1.42 bits per heavy atom. The van der Waals surface area contributed by atoms with Gasteiger partial charge in [0.1, 0.15) is 12.0 Å². The Morgan fingerprint density at radius 2 is 2.27 bits per heavy atom. The van der Waals surface area contributed by atoms with Gasteiger partial charge in [-0.05, 0) is 12.1 Å². The molecule has 0 unspecified atom stereocenters. The Hall–Kier alpha value is -2.84. The van der Waals surface area contributed by atoms with Crippen molar-refractivity contribution in [3.8, 4) is 0 Å². The smallest absolute Gasteiger partial charge is 0.315 e. The molecule has 8 nitrogen and oxygen atoms in total. The van der Waals surface area contributed by atoms with Gasteiger partial charge in [-0.25, -0.2) is 14.2 Å². The fourth-order valence-electron chi connectivity index (χ4n) is 2.90. The lowest BCUT2D eigenvalue weighted by Crippen LogP contribution is -2.44. The molecule has 3 heterocycles. The van der Waals surface area contributed by atoms with Gasteiger partial charge in [-0.1, -0.05) is 0 Å². The second kappa shape index (κ2) is 8.03. The second-order valence-corrected chi connectivity index (χ2v) is 6.44.